The number of hydrogen-bond acceptors (Lipinski definition) is 4. The van der Waals surface area contributed by atoms with Crippen molar-refractivity contribution in [3.8, 4) is 5.13 Å². The summed E-state index contributed by atoms with van der Waals surface area (Å²) in [4.78, 5) is 7.83. The van der Waals surface area contributed by atoms with Crippen molar-refractivity contribution in [2.24, 2.45) is 0 Å². The predicted octanol–water partition coefficient (Wildman–Crippen LogP) is 1.30. The first-order chi connectivity index (χ1) is 4.97. The highest BCUT2D eigenvalue weighted by Gasteiger charge is 1.95. The zero-order valence-corrected chi connectivity index (χ0v) is 7.94. The van der Waals surface area contributed by atoms with Gasteiger partial charge in [0, 0.05) is 11.6 Å². The highest BCUT2D eigenvalue weighted by atomic mass is 79.9. The molecule has 2 aromatic heterocycles. The first kappa shape index (κ1) is 8.35. The summed E-state index contributed by atoms with van der Waals surface area (Å²) in [5.41, 5.74) is 0. The first-order valence-electron chi connectivity index (χ1n) is 2.71. The molecule has 0 bridgehead atoms. The van der Waals surface area contributed by atoms with Crippen LogP contribution in [0.3, 0.4) is 0 Å². The second-order valence-corrected chi connectivity index (χ2v) is 2.53. The lowest BCUT2D eigenvalue weighted by molar-refractivity contribution is 0.868. The maximum Gasteiger partial charge on any atom is 0.211 e. The van der Waals surface area contributed by atoms with E-state index in [1.54, 1.807) is 17.2 Å². The zero-order chi connectivity index (χ0) is 6.81. The maximum atomic E-state index is 4.04. The SMILES string of the molecule is Br.c1csc(-n2cncn2)n1. The molecule has 0 saturated heterocycles. The van der Waals surface area contributed by atoms with E-state index in [0.29, 0.717) is 0 Å². The molecule has 0 saturated carbocycles. The molecule has 6 heteroatoms. The molecule has 2 rings (SSSR count). The molecule has 0 aliphatic rings. The van der Waals surface area contributed by atoms with Gasteiger partial charge >= 0.3 is 0 Å². The number of aromatic nitrogens is 4. The van der Waals surface area contributed by atoms with Crippen molar-refractivity contribution >= 4 is 28.3 Å². The van der Waals surface area contributed by atoms with E-state index in [1.165, 1.54) is 17.7 Å². The van der Waals surface area contributed by atoms with Crippen molar-refractivity contribution in [1.29, 1.82) is 0 Å². The van der Waals surface area contributed by atoms with Crippen molar-refractivity contribution < 1.29 is 0 Å². The first-order valence-corrected chi connectivity index (χ1v) is 3.59. The molecule has 0 aliphatic carbocycles. The van der Waals surface area contributed by atoms with Crippen LogP contribution in [0.1, 0.15) is 0 Å². The number of nitrogens with zero attached hydrogens (tertiary/aromatic N) is 4. The van der Waals surface area contributed by atoms with Crippen molar-refractivity contribution in [3.05, 3.63) is 24.2 Å². The van der Waals surface area contributed by atoms with Crippen LogP contribution in [0.4, 0.5) is 0 Å². The summed E-state index contributed by atoms with van der Waals surface area (Å²) in [5.74, 6) is 0. The normalized spacial score (nSPS) is 9.09. The van der Waals surface area contributed by atoms with E-state index in [2.05, 4.69) is 15.1 Å². The average molecular weight is 233 g/mol. The Labute approximate surface area is 77.7 Å². The molecule has 0 aromatic carbocycles. The van der Waals surface area contributed by atoms with Crippen LogP contribution in [-0.2, 0) is 0 Å². The third-order valence-corrected chi connectivity index (χ3v) is 1.80. The number of halogens is 1. The minimum absolute atomic E-state index is 0. The molecule has 2 heterocycles. The summed E-state index contributed by atoms with van der Waals surface area (Å²) in [5, 5.41) is 6.66. The van der Waals surface area contributed by atoms with Gasteiger partial charge in [-0.05, 0) is 0 Å². The summed E-state index contributed by atoms with van der Waals surface area (Å²) in [6.07, 6.45) is 4.85. The van der Waals surface area contributed by atoms with Gasteiger partial charge in [-0.25, -0.2) is 9.97 Å². The Morgan fingerprint density at radius 3 is 2.91 bits per heavy atom. The van der Waals surface area contributed by atoms with Crippen LogP contribution < -0.4 is 0 Å². The smallest absolute Gasteiger partial charge is 0.211 e. The topological polar surface area (TPSA) is 43.6 Å². The largest absolute Gasteiger partial charge is 0.227 e. The molecular weight excluding hydrogens is 228 g/mol. The molecule has 58 valence electrons. The lowest BCUT2D eigenvalue weighted by Crippen LogP contribution is -1.91. The molecule has 0 N–H and O–H groups in total. The van der Waals surface area contributed by atoms with Gasteiger partial charge in [0.2, 0.25) is 5.13 Å². The fourth-order valence-corrected chi connectivity index (χ4v) is 1.20. The fraction of sp³-hybridized carbons (Fsp3) is 0. The van der Waals surface area contributed by atoms with E-state index in [-0.39, 0.29) is 17.0 Å². The van der Waals surface area contributed by atoms with Gasteiger partial charge in [-0.1, -0.05) is 0 Å². The Hall–Kier alpha value is -0.750. The molecule has 0 spiro atoms. The van der Waals surface area contributed by atoms with E-state index >= 15 is 0 Å². The highest BCUT2D eigenvalue weighted by molar-refractivity contribution is 8.93. The van der Waals surface area contributed by atoms with Gasteiger partial charge < -0.3 is 0 Å². The van der Waals surface area contributed by atoms with E-state index in [0.717, 1.165) is 5.13 Å². The molecule has 0 amide bonds. The van der Waals surface area contributed by atoms with Crippen molar-refractivity contribution in [2.75, 3.05) is 0 Å². The van der Waals surface area contributed by atoms with Crippen molar-refractivity contribution in [2.45, 2.75) is 0 Å². The van der Waals surface area contributed by atoms with E-state index in [4.69, 9.17) is 0 Å². The minimum Gasteiger partial charge on any atom is -0.227 e. The van der Waals surface area contributed by atoms with E-state index < -0.39 is 0 Å². The number of thiazole rings is 1. The van der Waals surface area contributed by atoms with Gasteiger partial charge in [0.25, 0.3) is 0 Å². The van der Waals surface area contributed by atoms with Gasteiger partial charge in [-0.15, -0.1) is 28.3 Å². The number of rotatable bonds is 1. The third-order valence-electron chi connectivity index (χ3n) is 1.03. The van der Waals surface area contributed by atoms with Crippen LogP contribution in [0, 0.1) is 0 Å². The van der Waals surface area contributed by atoms with Crippen LogP contribution in [0.15, 0.2) is 24.2 Å². The third kappa shape index (κ3) is 1.63. The molecule has 0 fully saturated rings. The summed E-state index contributed by atoms with van der Waals surface area (Å²) in [6, 6.07) is 0. The van der Waals surface area contributed by atoms with Gasteiger partial charge in [-0.3, -0.25) is 0 Å². The van der Waals surface area contributed by atoms with Crippen LogP contribution in [0.5, 0.6) is 0 Å². The molecular formula is C5H5BrN4S. The molecule has 4 nitrogen and oxygen atoms in total. The summed E-state index contributed by atoms with van der Waals surface area (Å²) < 4.78 is 1.63. The Bertz CT molecular complexity index is 258. The second-order valence-electron chi connectivity index (χ2n) is 1.65. The molecule has 2 aromatic rings. The zero-order valence-electron chi connectivity index (χ0n) is 5.41. The van der Waals surface area contributed by atoms with Crippen molar-refractivity contribution in [1.82, 2.24) is 19.7 Å². The van der Waals surface area contributed by atoms with Gasteiger partial charge in [0.15, 0.2) is 0 Å². The van der Waals surface area contributed by atoms with Crippen LogP contribution in [0.25, 0.3) is 5.13 Å². The Morgan fingerprint density at radius 2 is 2.36 bits per heavy atom. The monoisotopic (exact) mass is 232 g/mol. The summed E-state index contributed by atoms with van der Waals surface area (Å²) in [7, 11) is 0. The predicted molar refractivity (Wildman–Crippen MR) is 47.4 cm³/mol. The summed E-state index contributed by atoms with van der Waals surface area (Å²) in [6.45, 7) is 0. The standard InChI is InChI=1S/C5H4N4S.BrH/c1-2-10-5(7-1)9-4-6-3-8-9;/h1-4H;1H. The lowest BCUT2D eigenvalue weighted by atomic mass is 11.0. The van der Waals surface area contributed by atoms with Gasteiger partial charge in [0.1, 0.15) is 12.7 Å². The Kier molecular flexibility index (Phi) is 2.72. The fourth-order valence-electron chi connectivity index (χ4n) is 0.636. The van der Waals surface area contributed by atoms with E-state index in [9.17, 15) is 0 Å². The van der Waals surface area contributed by atoms with Crippen LogP contribution in [-0.4, -0.2) is 19.7 Å². The molecule has 0 atom stereocenters. The average Bonchev–Trinajstić information content (AvgIpc) is 2.59. The molecule has 0 unspecified atom stereocenters. The Morgan fingerprint density at radius 1 is 1.45 bits per heavy atom. The Balaban J connectivity index is 0.000000605. The van der Waals surface area contributed by atoms with Gasteiger partial charge in [-0.2, -0.15) is 9.78 Å². The summed E-state index contributed by atoms with van der Waals surface area (Å²) >= 11 is 1.53. The minimum atomic E-state index is 0. The quantitative estimate of drug-likeness (QED) is 0.745. The molecule has 0 radical (unpaired) electrons. The maximum absolute atomic E-state index is 4.04. The highest BCUT2D eigenvalue weighted by Crippen LogP contribution is 2.07. The van der Waals surface area contributed by atoms with Crippen LogP contribution >= 0.6 is 28.3 Å². The van der Waals surface area contributed by atoms with E-state index in [1.807, 2.05) is 5.38 Å². The van der Waals surface area contributed by atoms with Crippen molar-refractivity contribution in [3.63, 3.8) is 0 Å². The molecule has 11 heavy (non-hydrogen) atoms. The van der Waals surface area contributed by atoms with Gasteiger partial charge in [0.05, 0.1) is 0 Å². The second kappa shape index (κ2) is 3.59. The number of hydrogen-bond donors (Lipinski definition) is 0. The van der Waals surface area contributed by atoms with Crippen LogP contribution in [0.2, 0.25) is 0 Å². The lowest BCUT2D eigenvalue weighted by Gasteiger charge is -1.88. The molecule has 0 aliphatic heterocycles.